The average Bonchev–Trinajstić information content (AvgIpc) is 3.05. The van der Waals surface area contributed by atoms with Gasteiger partial charge >= 0.3 is 26.2 Å². The van der Waals surface area contributed by atoms with Crippen molar-refractivity contribution in [3.8, 4) is 11.5 Å². The van der Waals surface area contributed by atoms with E-state index >= 15 is 0 Å². The van der Waals surface area contributed by atoms with Gasteiger partial charge in [-0.05, 0) is 38.5 Å². The fraction of sp³-hybridized carbons (Fsp3) is 0.300. The van der Waals surface area contributed by atoms with Gasteiger partial charge in [0.2, 0.25) is 8.32 Å². The third-order valence-electron chi connectivity index (χ3n) is 4.06. The first-order valence-electron chi connectivity index (χ1n) is 7.92. The molecule has 0 saturated heterocycles. The van der Waals surface area contributed by atoms with E-state index in [0.29, 0.717) is 0 Å². The number of hydrogen-bond acceptors (Lipinski definition) is 2. The molecule has 0 aliphatic heterocycles. The summed E-state index contributed by atoms with van der Waals surface area (Å²) in [6.45, 7) is 12.9. The van der Waals surface area contributed by atoms with Crippen molar-refractivity contribution in [1.29, 1.82) is 0 Å². The van der Waals surface area contributed by atoms with Crippen LogP contribution >= 0.6 is 0 Å². The van der Waals surface area contributed by atoms with Crippen LogP contribution in [0.5, 0.6) is 11.5 Å². The Morgan fingerprint density at radius 3 is 2.35 bits per heavy atom. The molecule has 6 heteroatoms. The molecule has 1 aromatic rings. The number of allylic oxidation sites excluding steroid dienone is 6. The molecule has 1 radical (unpaired) electrons. The largest absolute Gasteiger partial charge is 3.00 e. The molecule has 0 N–H and O–H groups in total. The first kappa shape index (κ1) is 25.5. The van der Waals surface area contributed by atoms with Gasteiger partial charge in [0.15, 0.2) is 0 Å². The zero-order valence-corrected chi connectivity index (χ0v) is 20.8. The molecule has 137 valence electrons. The summed E-state index contributed by atoms with van der Waals surface area (Å²) in [7, 11) is -0.0199. The van der Waals surface area contributed by atoms with Gasteiger partial charge in [-0.1, -0.05) is 24.3 Å². The second-order valence-corrected chi connectivity index (χ2v) is 11.4. The average molecular weight is 486 g/mol. The van der Waals surface area contributed by atoms with Gasteiger partial charge in [-0.2, -0.15) is 0 Å². The first-order chi connectivity index (χ1) is 10.8. The molecule has 0 aromatic heterocycles. The van der Waals surface area contributed by atoms with E-state index in [2.05, 4.69) is 63.5 Å². The number of halogens is 2. The van der Waals surface area contributed by atoms with Gasteiger partial charge in [0, 0.05) is 0 Å². The van der Waals surface area contributed by atoms with Crippen molar-refractivity contribution in [1.82, 2.24) is 0 Å². The summed E-state index contributed by atoms with van der Waals surface area (Å²) in [5.41, 5.74) is 6.69. The van der Waals surface area contributed by atoms with Crippen LogP contribution in [0, 0.1) is 13.0 Å². The van der Waals surface area contributed by atoms with Crippen LogP contribution in [0.1, 0.15) is 23.1 Å². The molecule has 26 heavy (non-hydrogen) atoms. The number of fused-ring (bicyclic) bond motifs is 1. The second-order valence-electron chi connectivity index (χ2n) is 6.97. The smallest absolute Gasteiger partial charge is 1.00 e. The molecule has 0 unspecified atom stereocenters. The minimum atomic E-state index is -1.72. The molecule has 0 saturated carbocycles. The Hall–Kier alpha value is -0.540. The zero-order chi connectivity index (χ0) is 16.8. The Morgan fingerprint density at radius 2 is 1.85 bits per heavy atom. The maximum absolute atomic E-state index is 6.23. The predicted molar refractivity (Wildman–Crippen MR) is 98.4 cm³/mol. The topological polar surface area (TPSA) is 18.5 Å². The van der Waals surface area contributed by atoms with E-state index in [1.165, 1.54) is 5.57 Å². The van der Waals surface area contributed by atoms with Crippen molar-refractivity contribution in [2.75, 3.05) is 7.11 Å². The maximum Gasteiger partial charge on any atom is 3.00 e. The van der Waals surface area contributed by atoms with E-state index in [4.69, 9.17) is 9.16 Å². The third kappa shape index (κ3) is 4.84. The molecule has 0 amide bonds. The summed E-state index contributed by atoms with van der Waals surface area (Å²) in [5, 5.41) is 0. The molecule has 3 rings (SSSR count). The monoisotopic (exact) mass is 483 g/mol. The van der Waals surface area contributed by atoms with E-state index in [9.17, 15) is 0 Å². The van der Waals surface area contributed by atoms with Crippen LogP contribution in [-0.4, -0.2) is 15.4 Å². The normalized spacial score (nSPS) is 14.4. The van der Waals surface area contributed by atoms with Gasteiger partial charge in [0.05, 0.1) is 7.11 Å². The number of benzene rings is 1. The van der Waals surface area contributed by atoms with Crippen LogP contribution in [0.4, 0.5) is 0 Å². The van der Waals surface area contributed by atoms with Crippen molar-refractivity contribution in [2.24, 2.45) is 0 Å². The zero-order valence-electron chi connectivity index (χ0n) is 15.8. The summed E-state index contributed by atoms with van der Waals surface area (Å²) in [6.07, 6.45) is 10.9. The van der Waals surface area contributed by atoms with Crippen LogP contribution in [-0.2, 0) is 26.2 Å². The molecule has 1 aromatic carbocycles. The number of hydrogen-bond donors (Lipinski definition) is 0. The van der Waals surface area contributed by atoms with Crippen molar-refractivity contribution in [3.63, 3.8) is 0 Å². The Bertz CT molecular complexity index is 790. The SMILES string of the molecule is C=C1C(C2=CC=CC2)=[C-]c2cc(O[Si](C)(C)C)c(OC)c(C)c21.[Cl-].[Cl-].[Zr+3]. The quantitative estimate of drug-likeness (QED) is 0.412. The molecule has 0 fully saturated rings. The van der Waals surface area contributed by atoms with Crippen molar-refractivity contribution >= 4 is 13.9 Å². The fourth-order valence-corrected chi connectivity index (χ4v) is 3.97. The number of methoxy groups -OCH3 is 1. The molecule has 0 spiro atoms. The molecule has 0 atom stereocenters. The molecule has 2 nitrogen and oxygen atoms in total. The fourth-order valence-electron chi connectivity index (χ4n) is 3.16. The van der Waals surface area contributed by atoms with Crippen molar-refractivity contribution in [3.05, 3.63) is 64.8 Å². The van der Waals surface area contributed by atoms with Crippen LogP contribution in [0.25, 0.3) is 5.57 Å². The molecule has 2 aliphatic rings. The second kappa shape index (κ2) is 9.59. The van der Waals surface area contributed by atoms with Crippen LogP contribution < -0.4 is 34.0 Å². The van der Waals surface area contributed by atoms with E-state index < -0.39 is 8.32 Å². The van der Waals surface area contributed by atoms with Gasteiger partial charge in [0.1, 0.15) is 11.5 Å². The summed E-state index contributed by atoms with van der Waals surface area (Å²) in [5.74, 6) is 1.64. The standard InChI is InChI=1S/C20H23O2Si.2ClH.Zr/c1-13-17(15-9-7-8-10-15)11-16-12-18(22-23(4,5)6)20(21-3)14(2)19(13)16;;;/h7-9,12H,1,10H2,2-6H3;2*1H;/q-1;;;+3/p-2. The van der Waals surface area contributed by atoms with Gasteiger partial charge in [-0.25, -0.2) is 0 Å². The van der Waals surface area contributed by atoms with Gasteiger partial charge in [-0.15, -0.1) is 40.5 Å². The minimum absolute atomic E-state index is 0. The predicted octanol–water partition coefficient (Wildman–Crippen LogP) is -0.786. The third-order valence-corrected chi connectivity index (χ3v) is 4.89. The van der Waals surface area contributed by atoms with Crippen LogP contribution in [0.3, 0.4) is 0 Å². The molecular formula is C20H23Cl2O2SiZr. The summed E-state index contributed by atoms with van der Waals surface area (Å²) >= 11 is 0. The molecular weight excluding hydrogens is 462 g/mol. The number of ether oxygens (including phenoxy) is 1. The van der Waals surface area contributed by atoms with E-state index in [0.717, 1.165) is 45.8 Å². The molecule has 2 aliphatic carbocycles. The first-order valence-corrected chi connectivity index (χ1v) is 11.3. The Balaban J connectivity index is 0.00000208. The molecule has 0 bridgehead atoms. The summed E-state index contributed by atoms with van der Waals surface area (Å²) in [6, 6.07) is 2.06. The van der Waals surface area contributed by atoms with E-state index in [1.54, 1.807) is 7.11 Å². The molecule has 0 heterocycles. The Kier molecular flexibility index (Phi) is 9.39. The van der Waals surface area contributed by atoms with Gasteiger partial charge in [-0.3, -0.25) is 0 Å². The minimum Gasteiger partial charge on any atom is -1.00 e. The van der Waals surface area contributed by atoms with Crippen LogP contribution in [0.15, 0.2) is 42.0 Å². The van der Waals surface area contributed by atoms with Crippen molar-refractivity contribution < 1.29 is 60.2 Å². The Morgan fingerprint density at radius 1 is 1.19 bits per heavy atom. The van der Waals surface area contributed by atoms with Crippen LogP contribution in [0.2, 0.25) is 19.6 Å². The summed E-state index contributed by atoms with van der Waals surface area (Å²) < 4.78 is 11.9. The number of rotatable bonds is 4. The van der Waals surface area contributed by atoms with Crippen molar-refractivity contribution in [2.45, 2.75) is 33.0 Å². The van der Waals surface area contributed by atoms with E-state index in [-0.39, 0.29) is 51.0 Å². The van der Waals surface area contributed by atoms with Gasteiger partial charge in [0.25, 0.3) is 0 Å². The van der Waals surface area contributed by atoms with Gasteiger partial charge < -0.3 is 34.0 Å². The summed E-state index contributed by atoms with van der Waals surface area (Å²) in [4.78, 5) is 0. The van der Waals surface area contributed by atoms with E-state index in [1.807, 2.05) is 0 Å². The maximum atomic E-state index is 6.23. The Labute approximate surface area is 189 Å².